The number of hydrogen-bond acceptors (Lipinski definition) is 4. The minimum atomic E-state index is -0.398. The number of methoxy groups -OCH3 is 1. The van der Waals surface area contributed by atoms with Gasteiger partial charge in [0.2, 0.25) is 5.91 Å². The molecule has 0 radical (unpaired) electrons. The molecule has 0 unspecified atom stereocenters. The fourth-order valence-electron chi connectivity index (χ4n) is 4.74. The Balaban J connectivity index is 1.45. The van der Waals surface area contributed by atoms with Crippen LogP contribution in [0.5, 0.6) is 5.75 Å². The molecule has 2 fully saturated rings. The third kappa shape index (κ3) is 4.30. The highest BCUT2D eigenvalue weighted by Crippen LogP contribution is 2.42. The Morgan fingerprint density at radius 1 is 1.10 bits per heavy atom. The number of ether oxygens (including phenoxy) is 2. The highest BCUT2D eigenvalue weighted by Gasteiger charge is 2.45. The van der Waals surface area contributed by atoms with Crippen molar-refractivity contribution in [2.24, 2.45) is 0 Å². The van der Waals surface area contributed by atoms with E-state index in [1.165, 1.54) is 6.42 Å². The van der Waals surface area contributed by atoms with E-state index in [0.717, 1.165) is 55.5 Å². The average Bonchev–Trinajstić information content (AvgIpc) is 3.27. The lowest BCUT2D eigenvalue weighted by Gasteiger charge is -2.39. The molecule has 1 atom stereocenters. The molecule has 1 aromatic carbocycles. The third-order valence-corrected chi connectivity index (χ3v) is 6.43. The summed E-state index contributed by atoms with van der Waals surface area (Å²) in [7, 11) is 1.67. The van der Waals surface area contributed by atoms with Crippen molar-refractivity contribution < 1.29 is 14.3 Å². The van der Waals surface area contributed by atoms with Crippen LogP contribution in [0.3, 0.4) is 0 Å². The molecule has 0 spiro atoms. The molecule has 5 nitrogen and oxygen atoms in total. The van der Waals surface area contributed by atoms with Crippen LogP contribution in [-0.2, 0) is 21.6 Å². The number of pyridine rings is 1. The molecule has 0 bridgehead atoms. The molecule has 1 saturated carbocycles. The highest BCUT2D eigenvalue weighted by molar-refractivity contribution is 5.88. The van der Waals surface area contributed by atoms with Crippen LogP contribution >= 0.6 is 0 Å². The van der Waals surface area contributed by atoms with Crippen molar-refractivity contribution >= 4 is 5.91 Å². The van der Waals surface area contributed by atoms with E-state index in [2.05, 4.69) is 17.1 Å². The van der Waals surface area contributed by atoms with Gasteiger partial charge in [-0.15, -0.1) is 0 Å². The summed E-state index contributed by atoms with van der Waals surface area (Å²) in [6.07, 6.45) is 9.84. The smallest absolute Gasteiger partial charge is 0.233 e. The van der Waals surface area contributed by atoms with Crippen molar-refractivity contribution in [3.05, 3.63) is 59.9 Å². The van der Waals surface area contributed by atoms with E-state index in [0.29, 0.717) is 13.2 Å². The maximum atomic E-state index is 13.7. The molecule has 154 valence electrons. The van der Waals surface area contributed by atoms with Gasteiger partial charge >= 0.3 is 0 Å². The van der Waals surface area contributed by atoms with Gasteiger partial charge in [0, 0.05) is 25.5 Å². The Bertz CT molecular complexity index is 801. The van der Waals surface area contributed by atoms with E-state index in [1.54, 1.807) is 19.5 Å². The van der Waals surface area contributed by atoms with Crippen molar-refractivity contribution in [1.82, 2.24) is 9.88 Å². The van der Waals surface area contributed by atoms with Crippen LogP contribution in [-0.4, -0.2) is 42.1 Å². The maximum absolute atomic E-state index is 13.7. The number of aromatic nitrogens is 1. The molecular formula is C24H30N2O3. The number of carbonyl (C=O) groups is 1. The average molecular weight is 395 g/mol. The Morgan fingerprint density at radius 2 is 1.83 bits per heavy atom. The first-order valence-electron chi connectivity index (χ1n) is 10.7. The lowest BCUT2D eigenvalue weighted by atomic mass is 9.68. The summed E-state index contributed by atoms with van der Waals surface area (Å²) < 4.78 is 11.4. The van der Waals surface area contributed by atoms with Crippen molar-refractivity contribution in [2.75, 3.05) is 20.2 Å². The van der Waals surface area contributed by atoms with Crippen LogP contribution in [0.1, 0.15) is 49.7 Å². The van der Waals surface area contributed by atoms with Gasteiger partial charge in [-0.3, -0.25) is 9.78 Å². The summed E-state index contributed by atoms with van der Waals surface area (Å²) in [5.74, 6) is 1.11. The Morgan fingerprint density at radius 3 is 2.52 bits per heavy atom. The highest BCUT2D eigenvalue weighted by atomic mass is 16.5. The van der Waals surface area contributed by atoms with Gasteiger partial charge in [0.15, 0.2) is 0 Å². The molecule has 5 heteroatoms. The van der Waals surface area contributed by atoms with Crippen LogP contribution in [0.15, 0.2) is 48.8 Å². The van der Waals surface area contributed by atoms with Gasteiger partial charge in [0.05, 0.1) is 25.2 Å². The first-order valence-corrected chi connectivity index (χ1v) is 10.7. The van der Waals surface area contributed by atoms with E-state index in [9.17, 15) is 4.79 Å². The second-order valence-electron chi connectivity index (χ2n) is 8.20. The monoisotopic (exact) mass is 394 g/mol. The summed E-state index contributed by atoms with van der Waals surface area (Å²) in [5.41, 5.74) is 1.85. The van der Waals surface area contributed by atoms with E-state index in [4.69, 9.17) is 9.47 Å². The number of carbonyl (C=O) groups excluding carboxylic acids is 1. The normalized spacial score (nSPS) is 21.1. The minimum absolute atomic E-state index is 0.101. The number of nitrogens with zero attached hydrogens (tertiary/aromatic N) is 2. The molecular weight excluding hydrogens is 364 g/mol. The first-order chi connectivity index (χ1) is 14.2. The van der Waals surface area contributed by atoms with Gasteiger partial charge < -0.3 is 14.4 Å². The zero-order valence-electron chi connectivity index (χ0n) is 17.2. The first kappa shape index (κ1) is 19.9. The summed E-state index contributed by atoms with van der Waals surface area (Å²) in [4.78, 5) is 19.8. The van der Waals surface area contributed by atoms with Gasteiger partial charge in [-0.25, -0.2) is 0 Å². The number of amides is 1. The fourth-order valence-corrected chi connectivity index (χ4v) is 4.74. The van der Waals surface area contributed by atoms with Gasteiger partial charge in [0.1, 0.15) is 5.75 Å². The van der Waals surface area contributed by atoms with E-state index in [1.807, 2.05) is 29.2 Å². The van der Waals surface area contributed by atoms with E-state index >= 15 is 0 Å². The zero-order valence-corrected chi connectivity index (χ0v) is 17.2. The lowest BCUT2D eigenvalue weighted by molar-refractivity contribution is -0.138. The molecule has 1 aliphatic carbocycles. The van der Waals surface area contributed by atoms with Gasteiger partial charge in [-0.2, -0.15) is 0 Å². The number of hydrogen-bond donors (Lipinski definition) is 0. The minimum Gasteiger partial charge on any atom is -0.497 e. The Labute approximate surface area is 173 Å². The Kier molecular flexibility index (Phi) is 6.14. The molecule has 2 aliphatic rings. The molecule has 1 aromatic heterocycles. The quantitative estimate of drug-likeness (QED) is 0.740. The van der Waals surface area contributed by atoms with Crippen molar-refractivity contribution in [1.29, 1.82) is 0 Å². The van der Waals surface area contributed by atoms with Crippen LogP contribution in [0, 0.1) is 0 Å². The molecule has 29 heavy (non-hydrogen) atoms. The van der Waals surface area contributed by atoms with E-state index < -0.39 is 5.41 Å². The Hall–Kier alpha value is -2.40. The second-order valence-corrected chi connectivity index (χ2v) is 8.20. The number of benzene rings is 1. The van der Waals surface area contributed by atoms with Crippen LogP contribution in [0.4, 0.5) is 0 Å². The molecule has 4 rings (SSSR count). The standard InChI is InChI=1S/C24H30N2O3/c1-28-21-7-5-20(6-8-21)24(12-3-2-4-13-24)23(27)26-16-11-22(17-26)29-18-19-9-14-25-15-10-19/h5-10,14-15,22H,2-4,11-13,16-18H2,1H3/t22-/m0/s1. The third-order valence-electron chi connectivity index (χ3n) is 6.43. The van der Waals surface area contributed by atoms with Crippen LogP contribution < -0.4 is 4.74 Å². The predicted molar refractivity (Wildman–Crippen MR) is 112 cm³/mol. The molecule has 0 N–H and O–H groups in total. The summed E-state index contributed by atoms with van der Waals surface area (Å²) in [6.45, 7) is 2.03. The largest absolute Gasteiger partial charge is 0.497 e. The molecule has 2 aromatic rings. The number of rotatable bonds is 6. The second kappa shape index (κ2) is 8.95. The topological polar surface area (TPSA) is 51.7 Å². The van der Waals surface area contributed by atoms with E-state index in [-0.39, 0.29) is 12.0 Å². The summed E-state index contributed by atoms with van der Waals surface area (Å²) in [6, 6.07) is 12.1. The molecule has 2 heterocycles. The SMILES string of the molecule is COc1ccc(C2(C(=O)N3CC[C@H](OCc4ccncc4)C3)CCCCC2)cc1. The van der Waals surface area contributed by atoms with Crippen molar-refractivity contribution in [3.63, 3.8) is 0 Å². The van der Waals surface area contributed by atoms with Crippen LogP contribution in [0.25, 0.3) is 0 Å². The maximum Gasteiger partial charge on any atom is 0.233 e. The fraction of sp³-hybridized carbons (Fsp3) is 0.500. The van der Waals surface area contributed by atoms with Crippen molar-refractivity contribution in [3.8, 4) is 5.75 Å². The van der Waals surface area contributed by atoms with Gasteiger partial charge in [-0.05, 0) is 54.7 Å². The van der Waals surface area contributed by atoms with Gasteiger partial charge in [0.25, 0.3) is 0 Å². The van der Waals surface area contributed by atoms with Crippen molar-refractivity contribution in [2.45, 2.75) is 56.7 Å². The lowest BCUT2D eigenvalue weighted by Crippen LogP contribution is -2.47. The summed E-state index contributed by atoms with van der Waals surface area (Å²) >= 11 is 0. The van der Waals surface area contributed by atoms with Gasteiger partial charge in [-0.1, -0.05) is 31.4 Å². The zero-order chi connectivity index (χ0) is 20.1. The summed E-state index contributed by atoms with van der Waals surface area (Å²) in [5, 5.41) is 0. The predicted octanol–water partition coefficient (Wildman–Crippen LogP) is 4.11. The number of likely N-dealkylation sites (tertiary alicyclic amines) is 1. The molecule has 1 saturated heterocycles. The van der Waals surface area contributed by atoms with Crippen LogP contribution in [0.2, 0.25) is 0 Å². The molecule has 1 amide bonds. The molecule has 1 aliphatic heterocycles.